The van der Waals surface area contributed by atoms with Crippen LogP contribution in [-0.4, -0.2) is 23.3 Å². The third-order valence-electron chi connectivity index (χ3n) is 4.05. The predicted molar refractivity (Wildman–Crippen MR) is 77.3 cm³/mol. The molecule has 2 rings (SSSR count). The van der Waals surface area contributed by atoms with Crippen LogP contribution < -0.4 is 5.32 Å². The number of aromatic nitrogens is 2. The highest BCUT2D eigenvalue weighted by atomic mass is 16.5. The van der Waals surface area contributed by atoms with Gasteiger partial charge in [0.1, 0.15) is 6.10 Å². The molecule has 5 nitrogen and oxygen atoms in total. The van der Waals surface area contributed by atoms with E-state index < -0.39 is 0 Å². The summed E-state index contributed by atoms with van der Waals surface area (Å²) in [5.41, 5.74) is 0. The van der Waals surface area contributed by atoms with Crippen LogP contribution in [0, 0.1) is 11.8 Å². The van der Waals surface area contributed by atoms with Gasteiger partial charge in [0, 0.05) is 6.61 Å². The summed E-state index contributed by atoms with van der Waals surface area (Å²) in [5.74, 6) is 2.48. The van der Waals surface area contributed by atoms with Crippen LogP contribution in [0.15, 0.2) is 4.52 Å². The normalized spacial score (nSPS) is 25.1. The minimum atomic E-state index is -0.0805. The Hall–Kier alpha value is -0.940. The van der Waals surface area contributed by atoms with Crippen molar-refractivity contribution in [2.75, 3.05) is 13.2 Å². The van der Waals surface area contributed by atoms with Gasteiger partial charge in [-0.15, -0.1) is 0 Å². The van der Waals surface area contributed by atoms with Crippen molar-refractivity contribution in [3.63, 3.8) is 0 Å². The Balaban J connectivity index is 2.07. The highest BCUT2D eigenvalue weighted by Crippen LogP contribution is 2.30. The molecule has 0 aromatic carbocycles. The molecular weight excluding hydrogens is 254 g/mol. The summed E-state index contributed by atoms with van der Waals surface area (Å²) in [7, 11) is 0. The smallest absolute Gasteiger partial charge is 0.243 e. The molecule has 0 amide bonds. The van der Waals surface area contributed by atoms with E-state index in [-0.39, 0.29) is 12.1 Å². The van der Waals surface area contributed by atoms with Gasteiger partial charge in [-0.05, 0) is 38.1 Å². The molecule has 1 aliphatic rings. The molecule has 1 aliphatic heterocycles. The van der Waals surface area contributed by atoms with Crippen molar-refractivity contribution in [1.29, 1.82) is 0 Å². The maximum atomic E-state index is 5.73. The van der Waals surface area contributed by atoms with E-state index in [9.17, 15) is 0 Å². The third kappa shape index (κ3) is 3.58. The molecule has 3 unspecified atom stereocenters. The maximum absolute atomic E-state index is 5.73. The minimum Gasteiger partial charge on any atom is -0.370 e. The fourth-order valence-electron chi connectivity index (χ4n) is 2.80. The van der Waals surface area contributed by atoms with E-state index in [0.29, 0.717) is 24.2 Å². The molecule has 1 fully saturated rings. The Morgan fingerprint density at radius 3 is 2.85 bits per heavy atom. The monoisotopic (exact) mass is 281 g/mol. The zero-order valence-corrected chi connectivity index (χ0v) is 13.1. The minimum absolute atomic E-state index is 0.0805. The lowest BCUT2D eigenvalue weighted by Crippen LogP contribution is -2.31. The van der Waals surface area contributed by atoms with E-state index in [0.717, 1.165) is 18.9 Å². The van der Waals surface area contributed by atoms with Gasteiger partial charge in [-0.25, -0.2) is 0 Å². The molecule has 5 heteroatoms. The SMILES string of the molecule is CCOC(c1noc(C2CC(CC)CCN2)n1)C(C)C. The quantitative estimate of drug-likeness (QED) is 0.867. The second-order valence-electron chi connectivity index (χ2n) is 5.92. The molecule has 1 saturated heterocycles. The van der Waals surface area contributed by atoms with Gasteiger partial charge in [0.05, 0.1) is 6.04 Å². The number of nitrogens with one attached hydrogen (secondary N) is 1. The van der Waals surface area contributed by atoms with E-state index in [1.165, 1.54) is 12.8 Å². The summed E-state index contributed by atoms with van der Waals surface area (Å²) in [6.45, 7) is 10.2. The molecular formula is C15H27N3O2. The summed E-state index contributed by atoms with van der Waals surface area (Å²) in [6.07, 6.45) is 3.45. The van der Waals surface area contributed by atoms with Crippen molar-refractivity contribution in [2.45, 2.75) is 59.1 Å². The Labute approximate surface area is 121 Å². The fraction of sp³-hybridized carbons (Fsp3) is 0.867. The number of nitrogens with zero attached hydrogens (tertiary/aromatic N) is 2. The van der Waals surface area contributed by atoms with Crippen LogP contribution in [0.25, 0.3) is 0 Å². The Bertz CT molecular complexity index is 406. The van der Waals surface area contributed by atoms with Crippen LogP contribution >= 0.6 is 0 Å². The molecule has 0 saturated carbocycles. The summed E-state index contributed by atoms with van der Waals surface area (Å²) in [4.78, 5) is 4.58. The number of hydrogen-bond donors (Lipinski definition) is 1. The van der Waals surface area contributed by atoms with Crippen LogP contribution in [0.5, 0.6) is 0 Å². The molecule has 0 aliphatic carbocycles. The Morgan fingerprint density at radius 2 is 2.20 bits per heavy atom. The van der Waals surface area contributed by atoms with Crippen molar-refractivity contribution < 1.29 is 9.26 Å². The molecule has 20 heavy (non-hydrogen) atoms. The Morgan fingerprint density at radius 1 is 1.40 bits per heavy atom. The zero-order chi connectivity index (χ0) is 14.5. The van der Waals surface area contributed by atoms with Gasteiger partial charge in [-0.1, -0.05) is 32.3 Å². The van der Waals surface area contributed by atoms with Crippen molar-refractivity contribution >= 4 is 0 Å². The molecule has 114 valence electrons. The van der Waals surface area contributed by atoms with E-state index in [1.807, 2.05) is 6.92 Å². The van der Waals surface area contributed by atoms with Gasteiger partial charge in [0.25, 0.3) is 0 Å². The van der Waals surface area contributed by atoms with Gasteiger partial charge >= 0.3 is 0 Å². The lowest BCUT2D eigenvalue weighted by atomic mass is 9.90. The van der Waals surface area contributed by atoms with E-state index in [4.69, 9.17) is 9.26 Å². The first-order chi connectivity index (χ1) is 9.65. The molecule has 0 radical (unpaired) electrons. The van der Waals surface area contributed by atoms with Gasteiger partial charge in [-0.3, -0.25) is 0 Å². The average molecular weight is 281 g/mol. The number of ether oxygens (including phenoxy) is 1. The van der Waals surface area contributed by atoms with Crippen LogP contribution in [0.3, 0.4) is 0 Å². The van der Waals surface area contributed by atoms with Crippen LogP contribution in [0.1, 0.15) is 70.8 Å². The first kappa shape index (κ1) is 15.4. The predicted octanol–water partition coefficient (Wildman–Crippen LogP) is 3.25. The summed E-state index contributed by atoms with van der Waals surface area (Å²) in [6, 6.07) is 0.199. The summed E-state index contributed by atoms with van der Waals surface area (Å²) < 4.78 is 11.2. The lowest BCUT2D eigenvalue weighted by Gasteiger charge is -2.27. The van der Waals surface area contributed by atoms with Crippen molar-refractivity contribution in [3.8, 4) is 0 Å². The third-order valence-corrected chi connectivity index (χ3v) is 4.05. The molecule has 1 N–H and O–H groups in total. The fourth-order valence-corrected chi connectivity index (χ4v) is 2.80. The average Bonchev–Trinajstić information content (AvgIpc) is 2.94. The van der Waals surface area contributed by atoms with Gasteiger partial charge in [0.2, 0.25) is 11.7 Å². The number of rotatable bonds is 6. The van der Waals surface area contributed by atoms with Crippen molar-refractivity contribution in [1.82, 2.24) is 15.5 Å². The van der Waals surface area contributed by atoms with Crippen LogP contribution in [0.4, 0.5) is 0 Å². The largest absolute Gasteiger partial charge is 0.370 e. The molecule has 1 aromatic rings. The summed E-state index contributed by atoms with van der Waals surface area (Å²) >= 11 is 0. The first-order valence-corrected chi connectivity index (χ1v) is 7.84. The second-order valence-corrected chi connectivity index (χ2v) is 5.92. The van der Waals surface area contributed by atoms with Gasteiger partial charge in [-0.2, -0.15) is 4.98 Å². The lowest BCUT2D eigenvalue weighted by molar-refractivity contribution is 0.0217. The van der Waals surface area contributed by atoms with Gasteiger partial charge in [0.15, 0.2) is 0 Å². The first-order valence-electron chi connectivity index (χ1n) is 7.84. The molecule has 0 spiro atoms. The molecule has 0 bridgehead atoms. The standard InChI is InChI=1S/C15H27N3O2/c1-5-11-7-8-16-12(9-11)15-17-14(18-20-15)13(10(3)4)19-6-2/h10-13,16H,5-9H2,1-4H3. The zero-order valence-electron chi connectivity index (χ0n) is 13.1. The van der Waals surface area contributed by atoms with E-state index in [1.54, 1.807) is 0 Å². The van der Waals surface area contributed by atoms with E-state index >= 15 is 0 Å². The summed E-state index contributed by atoms with van der Waals surface area (Å²) in [5, 5.41) is 7.61. The second kappa shape index (κ2) is 7.18. The number of hydrogen-bond acceptors (Lipinski definition) is 5. The van der Waals surface area contributed by atoms with Crippen molar-refractivity contribution in [3.05, 3.63) is 11.7 Å². The molecule has 1 aromatic heterocycles. The maximum Gasteiger partial charge on any atom is 0.243 e. The van der Waals surface area contributed by atoms with Crippen LogP contribution in [0.2, 0.25) is 0 Å². The topological polar surface area (TPSA) is 60.2 Å². The molecule has 2 heterocycles. The number of piperidine rings is 1. The van der Waals surface area contributed by atoms with Crippen LogP contribution in [-0.2, 0) is 4.74 Å². The van der Waals surface area contributed by atoms with Gasteiger partial charge < -0.3 is 14.6 Å². The van der Waals surface area contributed by atoms with E-state index in [2.05, 4.69) is 36.2 Å². The van der Waals surface area contributed by atoms with Crippen molar-refractivity contribution in [2.24, 2.45) is 11.8 Å². The highest BCUT2D eigenvalue weighted by molar-refractivity contribution is 4.98. The molecule has 3 atom stereocenters. The highest BCUT2D eigenvalue weighted by Gasteiger charge is 2.28. The Kier molecular flexibility index (Phi) is 5.54.